The lowest BCUT2D eigenvalue weighted by Crippen LogP contribution is -2.34. The monoisotopic (exact) mass is 363 g/mol. The highest BCUT2D eigenvalue weighted by Crippen LogP contribution is 2.13. The zero-order valence-electron chi connectivity index (χ0n) is 17.3. The second-order valence-corrected chi connectivity index (χ2v) is 7.75. The van der Waals surface area contributed by atoms with Gasteiger partial charge in [-0.15, -0.1) is 0 Å². The van der Waals surface area contributed by atoms with Crippen molar-refractivity contribution in [2.24, 2.45) is 5.16 Å². The summed E-state index contributed by atoms with van der Waals surface area (Å²) in [6.07, 6.45) is 25.7. The SMILES string of the molecule is CCCCCCCCCCCCCCCCn1cc[n+](C/C(C)=N/[O-])c1. The van der Waals surface area contributed by atoms with E-state index in [1.165, 1.54) is 89.9 Å². The molecule has 1 aromatic rings. The maximum Gasteiger partial charge on any atom is 0.244 e. The van der Waals surface area contributed by atoms with Crippen molar-refractivity contribution >= 4 is 5.71 Å². The summed E-state index contributed by atoms with van der Waals surface area (Å²) in [4.78, 5) is 0. The van der Waals surface area contributed by atoms with Gasteiger partial charge in [0.05, 0.1) is 6.54 Å². The molecule has 1 heterocycles. The number of rotatable bonds is 17. The maximum atomic E-state index is 10.4. The molecule has 0 aliphatic carbocycles. The third kappa shape index (κ3) is 12.1. The van der Waals surface area contributed by atoms with Crippen LogP contribution in [-0.4, -0.2) is 10.3 Å². The standard InChI is InChI=1S/C22H41N3O/c1-3-4-5-6-7-8-9-10-11-12-13-14-15-16-17-24-18-19-25(21-24)20-22(2)23-26/h18-19,21H,3-17,20H2,1-2H3/b23-22+. The summed E-state index contributed by atoms with van der Waals surface area (Å²) in [5.41, 5.74) is 0.615. The number of unbranched alkanes of at least 4 members (excludes halogenated alkanes) is 13. The Kier molecular flexibility index (Phi) is 13.9. The fourth-order valence-electron chi connectivity index (χ4n) is 3.45. The molecule has 0 aromatic carbocycles. The number of hydrogen-bond donors (Lipinski definition) is 0. The van der Waals surface area contributed by atoms with Crippen LogP contribution in [0.2, 0.25) is 0 Å². The number of aryl methyl sites for hydroxylation is 1. The van der Waals surface area contributed by atoms with Crippen molar-refractivity contribution in [2.75, 3.05) is 0 Å². The van der Waals surface area contributed by atoms with E-state index in [-0.39, 0.29) is 0 Å². The van der Waals surface area contributed by atoms with Crippen LogP contribution >= 0.6 is 0 Å². The summed E-state index contributed by atoms with van der Waals surface area (Å²) in [6.45, 7) is 5.71. The minimum atomic E-state index is 0.592. The Morgan fingerprint density at radius 1 is 0.846 bits per heavy atom. The van der Waals surface area contributed by atoms with Gasteiger partial charge in [0.25, 0.3) is 0 Å². The van der Waals surface area contributed by atoms with Crippen molar-refractivity contribution in [3.8, 4) is 0 Å². The molecule has 0 bridgehead atoms. The molecule has 4 heteroatoms. The second-order valence-electron chi connectivity index (χ2n) is 7.75. The summed E-state index contributed by atoms with van der Waals surface area (Å²) in [7, 11) is 0. The van der Waals surface area contributed by atoms with E-state index in [0.717, 1.165) is 6.54 Å². The van der Waals surface area contributed by atoms with Gasteiger partial charge in [0, 0.05) is 5.71 Å². The predicted molar refractivity (Wildman–Crippen MR) is 111 cm³/mol. The summed E-state index contributed by atoms with van der Waals surface area (Å²) >= 11 is 0. The summed E-state index contributed by atoms with van der Waals surface area (Å²) in [5, 5.41) is 13.4. The molecule has 0 saturated heterocycles. The Morgan fingerprint density at radius 2 is 1.35 bits per heavy atom. The van der Waals surface area contributed by atoms with E-state index in [1.807, 2.05) is 10.8 Å². The largest absolute Gasteiger partial charge is 0.792 e. The zero-order chi connectivity index (χ0) is 18.9. The zero-order valence-corrected chi connectivity index (χ0v) is 17.3. The molecule has 4 nitrogen and oxygen atoms in total. The molecule has 0 radical (unpaired) electrons. The van der Waals surface area contributed by atoms with E-state index in [0.29, 0.717) is 12.3 Å². The van der Waals surface area contributed by atoms with Crippen LogP contribution in [0.4, 0.5) is 0 Å². The molecule has 0 N–H and O–H groups in total. The molecule has 150 valence electrons. The van der Waals surface area contributed by atoms with Crippen molar-refractivity contribution < 1.29 is 4.57 Å². The van der Waals surface area contributed by atoms with E-state index >= 15 is 0 Å². The van der Waals surface area contributed by atoms with Gasteiger partial charge in [0.15, 0.2) is 0 Å². The third-order valence-electron chi connectivity index (χ3n) is 5.08. The van der Waals surface area contributed by atoms with Crippen LogP contribution in [-0.2, 0) is 13.1 Å². The third-order valence-corrected chi connectivity index (χ3v) is 5.08. The van der Waals surface area contributed by atoms with E-state index in [4.69, 9.17) is 0 Å². The molecule has 0 fully saturated rings. The van der Waals surface area contributed by atoms with Crippen LogP contribution in [0, 0.1) is 5.21 Å². The van der Waals surface area contributed by atoms with Crippen molar-refractivity contribution in [1.82, 2.24) is 4.57 Å². The Bertz CT molecular complexity index is 468. The van der Waals surface area contributed by atoms with Crippen molar-refractivity contribution in [3.05, 3.63) is 23.9 Å². The van der Waals surface area contributed by atoms with Gasteiger partial charge in [-0.2, -0.15) is 0 Å². The molecule has 1 rings (SSSR count). The first-order valence-electron chi connectivity index (χ1n) is 11.0. The number of hydrogen-bond acceptors (Lipinski definition) is 2. The molecule has 0 amide bonds. The van der Waals surface area contributed by atoms with Crippen molar-refractivity contribution in [2.45, 2.75) is 117 Å². The van der Waals surface area contributed by atoms with Crippen LogP contribution in [0.3, 0.4) is 0 Å². The van der Waals surface area contributed by atoms with E-state index in [2.05, 4.69) is 29.2 Å². The van der Waals surface area contributed by atoms with Gasteiger partial charge >= 0.3 is 0 Å². The fraction of sp³-hybridized carbons (Fsp3) is 0.818. The van der Waals surface area contributed by atoms with Gasteiger partial charge in [-0.1, -0.05) is 84.0 Å². The van der Waals surface area contributed by atoms with Crippen LogP contribution in [0.25, 0.3) is 0 Å². The molecule has 0 atom stereocenters. The molecule has 0 aliphatic heterocycles. The molecule has 0 saturated carbocycles. The Morgan fingerprint density at radius 3 is 1.85 bits per heavy atom. The molecule has 0 unspecified atom stereocenters. The van der Waals surface area contributed by atoms with Crippen LogP contribution < -0.4 is 4.57 Å². The average molecular weight is 364 g/mol. The highest BCUT2D eigenvalue weighted by molar-refractivity contribution is 5.80. The van der Waals surface area contributed by atoms with Gasteiger partial charge in [-0.05, 0) is 19.8 Å². The molecular formula is C22H41N3O. The first-order valence-corrected chi connectivity index (χ1v) is 11.0. The normalized spacial score (nSPS) is 12.0. The average Bonchev–Trinajstić information content (AvgIpc) is 3.09. The van der Waals surface area contributed by atoms with Gasteiger partial charge in [0.1, 0.15) is 18.9 Å². The summed E-state index contributed by atoms with van der Waals surface area (Å²) in [6, 6.07) is 0. The second kappa shape index (κ2) is 15.9. The molecule has 1 aromatic heterocycles. The number of imidazole rings is 1. The molecule has 0 spiro atoms. The lowest BCUT2D eigenvalue weighted by atomic mass is 10.0. The van der Waals surface area contributed by atoms with Gasteiger partial charge < -0.3 is 10.4 Å². The van der Waals surface area contributed by atoms with Gasteiger partial charge in [0.2, 0.25) is 6.33 Å². The Hall–Kier alpha value is -1.32. The number of aromatic nitrogens is 2. The van der Waals surface area contributed by atoms with E-state index in [9.17, 15) is 5.21 Å². The lowest BCUT2D eigenvalue weighted by Gasteiger charge is -2.03. The van der Waals surface area contributed by atoms with E-state index in [1.54, 1.807) is 6.92 Å². The summed E-state index contributed by atoms with van der Waals surface area (Å²) < 4.78 is 4.22. The fourth-order valence-corrected chi connectivity index (χ4v) is 3.45. The first-order chi connectivity index (χ1) is 12.8. The topological polar surface area (TPSA) is 44.2 Å². The highest BCUT2D eigenvalue weighted by atomic mass is 16.4. The predicted octanol–water partition coefficient (Wildman–Crippen LogP) is 6.22. The van der Waals surface area contributed by atoms with E-state index < -0.39 is 0 Å². The molecule has 26 heavy (non-hydrogen) atoms. The lowest BCUT2D eigenvalue weighted by molar-refractivity contribution is -0.681. The smallest absolute Gasteiger partial charge is 0.244 e. The molecule has 0 aliphatic rings. The minimum absolute atomic E-state index is 0.592. The first kappa shape index (κ1) is 22.7. The van der Waals surface area contributed by atoms with Gasteiger partial charge in [-0.25, -0.2) is 9.13 Å². The number of nitrogens with zero attached hydrogens (tertiary/aromatic N) is 3. The van der Waals surface area contributed by atoms with Crippen LogP contribution in [0.1, 0.15) is 104 Å². The van der Waals surface area contributed by atoms with Crippen molar-refractivity contribution in [1.29, 1.82) is 0 Å². The Labute approximate surface area is 161 Å². The minimum Gasteiger partial charge on any atom is -0.792 e. The highest BCUT2D eigenvalue weighted by Gasteiger charge is 2.04. The van der Waals surface area contributed by atoms with Crippen LogP contribution in [0.5, 0.6) is 0 Å². The molecular weight excluding hydrogens is 322 g/mol. The summed E-state index contributed by atoms with van der Waals surface area (Å²) in [5.74, 6) is 0. The maximum absolute atomic E-state index is 10.4. The quantitative estimate of drug-likeness (QED) is 0.140. The van der Waals surface area contributed by atoms with Crippen LogP contribution in [0.15, 0.2) is 23.9 Å². The van der Waals surface area contributed by atoms with Crippen molar-refractivity contribution in [3.63, 3.8) is 0 Å². The Balaban J connectivity index is 1.86. The van der Waals surface area contributed by atoms with Gasteiger partial charge in [-0.3, -0.25) is 0 Å².